The Bertz CT molecular complexity index is 1100. The number of nitrogens with two attached hydrogens (primary N) is 1. The van der Waals surface area contributed by atoms with Crippen molar-refractivity contribution in [1.29, 1.82) is 0 Å². The van der Waals surface area contributed by atoms with E-state index in [1.165, 1.54) is 6.20 Å². The molecule has 1 aromatic carbocycles. The standard InChI is InChI=1S/C23H26N6O3/c1-28(2)23-26-13-18(15-5-4-6-17(11-15)31-3)21(27-23)19-14-29(9-10-32-19)22(30)16-7-8-20(24)25-12-16/h4-8,11-13,19H,9-10,14H2,1-3H3,(H2,24,25). The number of pyridine rings is 1. The average Bonchev–Trinajstić information content (AvgIpc) is 2.83. The highest BCUT2D eigenvalue weighted by Gasteiger charge is 2.30. The van der Waals surface area contributed by atoms with Crippen molar-refractivity contribution in [2.45, 2.75) is 6.10 Å². The maximum absolute atomic E-state index is 13.0. The van der Waals surface area contributed by atoms with Crippen molar-refractivity contribution < 1.29 is 14.3 Å². The second-order valence-corrected chi connectivity index (χ2v) is 7.68. The smallest absolute Gasteiger partial charge is 0.255 e. The number of methoxy groups -OCH3 is 1. The monoisotopic (exact) mass is 434 g/mol. The van der Waals surface area contributed by atoms with E-state index in [1.807, 2.05) is 43.3 Å². The van der Waals surface area contributed by atoms with Gasteiger partial charge in [0.15, 0.2) is 0 Å². The summed E-state index contributed by atoms with van der Waals surface area (Å²) in [5.74, 6) is 1.57. The lowest BCUT2D eigenvalue weighted by molar-refractivity contribution is -0.0244. The molecule has 0 aliphatic carbocycles. The minimum atomic E-state index is -0.405. The fraction of sp³-hybridized carbons (Fsp3) is 0.304. The summed E-state index contributed by atoms with van der Waals surface area (Å²) in [5, 5.41) is 0. The van der Waals surface area contributed by atoms with Crippen molar-refractivity contribution in [3.8, 4) is 16.9 Å². The SMILES string of the molecule is COc1cccc(-c2cnc(N(C)C)nc2C2CN(C(=O)c3ccc(N)nc3)CCO2)c1. The van der Waals surface area contributed by atoms with Gasteiger partial charge in [0.25, 0.3) is 5.91 Å². The molecule has 1 fully saturated rings. The lowest BCUT2D eigenvalue weighted by Crippen LogP contribution is -2.42. The van der Waals surface area contributed by atoms with Crippen molar-refractivity contribution >= 4 is 17.7 Å². The number of morpholine rings is 1. The zero-order chi connectivity index (χ0) is 22.7. The largest absolute Gasteiger partial charge is 0.497 e. The van der Waals surface area contributed by atoms with Crippen LogP contribution in [0.5, 0.6) is 5.75 Å². The molecule has 1 unspecified atom stereocenters. The number of anilines is 2. The Hall–Kier alpha value is -3.72. The van der Waals surface area contributed by atoms with E-state index in [0.717, 1.165) is 22.6 Å². The van der Waals surface area contributed by atoms with Gasteiger partial charge in [-0.1, -0.05) is 12.1 Å². The number of nitrogens with zero attached hydrogens (tertiary/aromatic N) is 5. The first-order chi connectivity index (χ1) is 15.5. The van der Waals surface area contributed by atoms with Gasteiger partial charge in [0.2, 0.25) is 5.95 Å². The van der Waals surface area contributed by atoms with Gasteiger partial charge in [0, 0.05) is 38.6 Å². The molecule has 3 heterocycles. The van der Waals surface area contributed by atoms with Crippen LogP contribution in [0.25, 0.3) is 11.1 Å². The van der Waals surface area contributed by atoms with Crippen LogP contribution in [0.1, 0.15) is 22.2 Å². The van der Waals surface area contributed by atoms with E-state index < -0.39 is 6.10 Å². The van der Waals surface area contributed by atoms with Crippen molar-refractivity contribution in [2.75, 3.05) is 51.5 Å². The molecule has 9 heteroatoms. The molecule has 1 saturated heterocycles. The highest BCUT2D eigenvalue weighted by molar-refractivity contribution is 5.94. The van der Waals surface area contributed by atoms with Gasteiger partial charge in [-0.25, -0.2) is 15.0 Å². The van der Waals surface area contributed by atoms with Crippen LogP contribution in [0.15, 0.2) is 48.8 Å². The summed E-state index contributed by atoms with van der Waals surface area (Å²) in [7, 11) is 5.40. The molecule has 166 valence electrons. The van der Waals surface area contributed by atoms with Gasteiger partial charge >= 0.3 is 0 Å². The summed E-state index contributed by atoms with van der Waals surface area (Å²) in [4.78, 5) is 29.9. The van der Waals surface area contributed by atoms with Gasteiger partial charge in [0.05, 0.1) is 31.5 Å². The molecule has 1 amide bonds. The van der Waals surface area contributed by atoms with Crippen LogP contribution in [0.3, 0.4) is 0 Å². The molecule has 0 bridgehead atoms. The molecule has 4 rings (SSSR count). The Balaban J connectivity index is 1.68. The van der Waals surface area contributed by atoms with Gasteiger partial charge < -0.3 is 25.0 Å². The summed E-state index contributed by atoms with van der Waals surface area (Å²) in [6.07, 6.45) is 2.89. The number of carbonyl (C=O) groups is 1. The Morgan fingerprint density at radius 2 is 2.06 bits per heavy atom. The van der Waals surface area contributed by atoms with Gasteiger partial charge in [-0.15, -0.1) is 0 Å². The molecular formula is C23H26N6O3. The highest BCUT2D eigenvalue weighted by Crippen LogP contribution is 2.33. The first kappa shape index (κ1) is 21.5. The lowest BCUT2D eigenvalue weighted by Gasteiger charge is -2.33. The van der Waals surface area contributed by atoms with Gasteiger partial charge in [-0.2, -0.15) is 0 Å². The van der Waals surface area contributed by atoms with Crippen molar-refractivity contribution in [3.63, 3.8) is 0 Å². The third kappa shape index (κ3) is 4.47. The topological polar surface area (TPSA) is 107 Å². The summed E-state index contributed by atoms with van der Waals surface area (Å²) in [5.41, 5.74) is 8.62. The van der Waals surface area contributed by atoms with E-state index in [-0.39, 0.29) is 5.91 Å². The fourth-order valence-corrected chi connectivity index (χ4v) is 3.57. The maximum atomic E-state index is 13.0. The normalized spacial score (nSPS) is 16.0. The van der Waals surface area contributed by atoms with Crippen LogP contribution in [-0.2, 0) is 4.74 Å². The van der Waals surface area contributed by atoms with Gasteiger partial charge in [-0.05, 0) is 29.8 Å². The third-order valence-electron chi connectivity index (χ3n) is 5.28. The Kier molecular flexibility index (Phi) is 6.18. The predicted octanol–water partition coefficient (Wildman–Crippen LogP) is 2.41. The quantitative estimate of drug-likeness (QED) is 0.652. The third-order valence-corrected chi connectivity index (χ3v) is 5.28. The fourth-order valence-electron chi connectivity index (χ4n) is 3.57. The van der Waals surface area contributed by atoms with Crippen LogP contribution in [0.4, 0.5) is 11.8 Å². The van der Waals surface area contributed by atoms with E-state index in [4.69, 9.17) is 20.2 Å². The summed E-state index contributed by atoms with van der Waals surface area (Å²) in [6.45, 7) is 1.25. The molecule has 0 saturated carbocycles. The molecule has 2 N–H and O–H groups in total. The number of nitrogen functional groups attached to an aromatic ring is 1. The molecule has 1 aliphatic heterocycles. The van der Waals surface area contributed by atoms with E-state index >= 15 is 0 Å². The molecule has 0 radical (unpaired) electrons. The lowest BCUT2D eigenvalue weighted by atomic mass is 10.0. The van der Waals surface area contributed by atoms with Crippen LogP contribution in [0, 0.1) is 0 Å². The summed E-state index contributed by atoms with van der Waals surface area (Å²) in [6, 6.07) is 11.0. The van der Waals surface area contributed by atoms with E-state index in [2.05, 4.69) is 9.97 Å². The molecule has 0 spiro atoms. The number of amides is 1. The van der Waals surface area contributed by atoms with Crippen molar-refractivity contribution in [2.24, 2.45) is 0 Å². The number of benzene rings is 1. The molecule has 9 nitrogen and oxygen atoms in total. The van der Waals surface area contributed by atoms with Crippen molar-refractivity contribution in [1.82, 2.24) is 19.9 Å². The highest BCUT2D eigenvalue weighted by atomic mass is 16.5. The van der Waals surface area contributed by atoms with E-state index in [0.29, 0.717) is 37.0 Å². The minimum absolute atomic E-state index is 0.115. The number of rotatable bonds is 5. The van der Waals surface area contributed by atoms with Crippen LogP contribution in [-0.4, -0.2) is 66.7 Å². The zero-order valence-electron chi connectivity index (χ0n) is 18.4. The number of ether oxygens (including phenoxy) is 2. The first-order valence-electron chi connectivity index (χ1n) is 10.3. The average molecular weight is 435 g/mol. The molecular weight excluding hydrogens is 408 g/mol. The Morgan fingerprint density at radius 1 is 1.22 bits per heavy atom. The predicted molar refractivity (Wildman–Crippen MR) is 122 cm³/mol. The maximum Gasteiger partial charge on any atom is 0.255 e. The van der Waals surface area contributed by atoms with Gasteiger partial charge in [-0.3, -0.25) is 4.79 Å². The molecule has 1 atom stereocenters. The minimum Gasteiger partial charge on any atom is -0.497 e. The van der Waals surface area contributed by atoms with Crippen LogP contribution >= 0.6 is 0 Å². The van der Waals surface area contributed by atoms with E-state index in [9.17, 15) is 4.79 Å². The second-order valence-electron chi connectivity index (χ2n) is 7.68. The number of hydrogen-bond donors (Lipinski definition) is 1. The Morgan fingerprint density at radius 3 is 2.78 bits per heavy atom. The Labute approximate surface area is 186 Å². The number of hydrogen-bond acceptors (Lipinski definition) is 8. The second kappa shape index (κ2) is 9.19. The first-order valence-corrected chi connectivity index (χ1v) is 10.3. The van der Waals surface area contributed by atoms with Crippen LogP contribution in [0.2, 0.25) is 0 Å². The van der Waals surface area contributed by atoms with Crippen LogP contribution < -0.4 is 15.4 Å². The summed E-state index contributed by atoms with van der Waals surface area (Å²) >= 11 is 0. The molecule has 2 aromatic heterocycles. The molecule has 1 aliphatic rings. The van der Waals surface area contributed by atoms with E-state index in [1.54, 1.807) is 30.3 Å². The van der Waals surface area contributed by atoms with Gasteiger partial charge in [0.1, 0.15) is 17.7 Å². The number of aromatic nitrogens is 3. The van der Waals surface area contributed by atoms with Crippen molar-refractivity contribution in [3.05, 3.63) is 60.0 Å². The number of carbonyl (C=O) groups excluding carboxylic acids is 1. The zero-order valence-corrected chi connectivity index (χ0v) is 18.4. The summed E-state index contributed by atoms with van der Waals surface area (Å²) < 4.78 is 11.5. The molecule has 3 aromatic rings. The molecule has 32 heavy (non-hydrogen) atoms.